The van der Waals surface area contributed by atoms with Crippen LogP contribution < -0.4 is 4.72 Å². The molecule has 0 saturated heterocycles. The Balaban J connectivity index is 2.07. The summed E-state index contributed by atoms with van der Waals surface area (Å²) >= 11 is 0. The molecule has 0 aliphatic rings. The van der Waals surface area contributed by atoms with E-state index in [9.17, 15) is 8.42 Å². The highest BCUT2D eigenvalue weighted by atomic mass is 32.2. The molecule has 0 fully saturated rings. The van der Waals surface area contributed by atoms with Crippen molar-refractivity contribution in [2.75, 3.05) is 0 Å². The molecule has 0 aromatic heterocycles. The molecular weight excluding hydrogens is 318 g/mol. The van der Waals surface area contributed by atoms with Gasteiger partial charge in [-0.2, -0.15) is 0 Å². The molecule has 0 spiro atoms. The van der Waals surface area contributed by atoms with Crippen LogP contribution in [0.4, 0.5) is 0 Å². The Morgan fingerprint density at radius 1 is 0.917 bits per heavy atom. The van der Waals surface area contributed by atoms with Crippen LogP contribution in [-0.4, -0.2) is 8.42 Å². The Bertz CT molecular complexity index is 768. The number of rotatable bonds is 5. The van der Waals surface area contributed by atoms with E-state index in [1.54, 1.807) is 12.1 Å². The lowest BCUT2D eigenvalue weighted by molar-refractivity contribution is 0.580. The highest BCUT2D eigenvalue weighted by Crippen LogP contribution is 2.22. The first-order valence-corrected chi connectivity index (χ1v) is 9.77. The number of hydrogen-bond acceptors (Lipinski definition) is 2. The lowest BCUT2D eigenvalue weighted by Crippen LogP contribution is -2.23. The van der Waals surface area contributed by atoms with Gasteiger partial charge in [0.2, 0.25) is 10.0 Å². The number of sulfonamides is 1. The van der Waals surface area contributed by atoms with Crippen LogP contribution in [0.2, 0.25) is 0 Å². The Labute approximate surface area is 146 Å². The topological polar surface area (TPSA) is 46.2 Å². The van der Waals surface area contributed by atoms with Crippen LogP contribution in [0.25, 0.3) is 0 Å². The SMILES string of the molecule is CC(C)c1ccc(S(=O)(=O)NCc2ccc(C(C)(C)C)cc2)cc1. The smallest absolute Gasteiger partial charge is 0.207 e. The molecule has 0 amide bonds. The summed E-state index contributed by atoms with van der Waals surface area (Å²) in [5.41, 5.74) is 3.41. The molecule has 0 unspecified atom stereocenters. The van der Waals surface area contributed by atoms with E-state index in [1.807, 2.05) is 24.3 Å². The minimum atomic E-state index is -3.49. The number of benzene rings is 2. The van der Waals surface area contributed by atoms with Crippen LogP contribution in [0.1, 0.15) is 57.2 Å². The molecule has 3 nitrogen and oxygen atoms in total. The van der Waals surface area contributed by atoms with Gasteiger partial charge in [-0.1, -0.05) is 71.0 Å². The van der Waals surface area contributed by atoms with Crippen LogP contribution in [0.3, 0.4) is 0 Å². The van der Waals surface area contributed by atoms with Gasteiger partial charge < -0.3 is 0 Å². The maximum atomic E-state index is 12.4. The van der Waals surface area contributed by atoms with Crippen molar-refractivity contribution in [2.45, 2.75) is 57.4 Å². The minimum Gasteiger partial charge on any atom is -0.207 e. The summed E-state index contributed by atoms with van der Waals surface area (Å²) in [6.07, 6.45) is 0. The molecule has 0 aliphatic heterocycles. The van der Waals surface area contributed by atoms with Gasteiger partial charge in [-0.05, 0) is 40.2 Å². The second kappa shape index (κ2) is 7.08. The molecule has 24 heavy (non-hydrogen) atoms. The molecule has 1 N–H and O–H groups in total. The summed E-state index contributed by atoms with van der Waals surface area (Å²) < 4.78 is 27.5. The third kappa shape index (κ3) is 4.68. The molecule has 2 aromatic carbocycles. The second-order valence-electron chi connectivity index (χ2n) is 7.50. The molecule has 130 valence electrons. The van der Waals surface area contributed by atoms with E-state index in [4.69, 9.17) is 0 Å². The monoisotopic (exact) mass is 345 g/mol. The van der Waals surface area contributed by atoms with E-state index in [2.05, 4.69) is 51.5 Å². The van der Waals surface area contributed by atoms with E-state index in [1.165, 1.54) is 5.56 Å². The van der Waals surface area contributed by atoms with Crippen molar-refractivity contribution in [2.24, 2.45) is 0 Å². The summed E-state index contributed by atoms with van der Waals surface area (Å²) in [6.45, 7) is 10.9. The van der Waals surface area contributed by atoms with Crippen molar-refractivity contribution < 1.29 is 8.42 Å². The van der Waals surface area contributed by atoms with Gasteiger partial charge in [0.15, 0.2) is 0 Å². The Hall–Kier alpha value is -1.65. The van der Waals surface area contributed by atoms with Gasteiger partial charge in [0.05, 0.1) is 4.90 Å². The minimum absolute atomic E-state index is 0.0934. The standard InChI is InChI=1S/C20H27NO2S/c1-15(2)17-8-12-19(13-9-17)24(22,23)21-14-16-6-10-18(11-7-16)20(3,4)5/h6-13,15,21H,14H2,1-5H3. The normalized spacial score (nSPS) is 12.6. The highest BCUT2D eigenvalue weighted by molar-refractivity contribution is 7.89. The van der Waals surface area contributed by atoms with Crippen LogP contribution in [0.15, 0.2) is 53.4 Å². The largest absolute Gasteiger partial charge is 0.240 e. The molecule has 0 heterocycles. The Morgan fingerprint density at radius 2 is 1.46 bits per heavy atom. The molecule has 0 radical (unpaired) electrons. The van der Waals surface area contributed by atoms with Gasteiger partial charge in [0, 0.05) is 6.54 Å². The average molecular weight is 346 g/mol. The van der Waals surface area contributed by atoms with Crippen molar-refractivity contribution in [1.82, 2.24) is 4.72 Å². The van der Waals surface area contributed by atoms with Gasteiger partial charge in [0.1, 0.15) is 0 Å². The molecule has 0 atom stereocenters. The summed E-state index contributed by atoms with van der Waals surface area (Å²) in [7, 11) is -3.49. The fourth-order valence-corrected chi connectivity index (χ4v) is 3.43. The summed E-state index contributed by atoms with van der Waals surface area (Å²) in [4.78, 5) is 0.304. The van der Waals surface area contributed by atoms with Gasteiger partial charge in [-0.15, -0.1) is 0 Å². The first-order valence-electron chi connectivity index (χ1n) is 8.28. The number of nitrogens with one attached hydrogen (secondary N) is 1. The zero-order valence-corrected chi connectivity index (χ0v) is 15.9. The maximum Gasteiger partial charge on any atom is 0.240 e. The van der Waals surface area contributed by atoms with Crippen molar-refractivity contribution in [1.29, 1.82) is 0 Å². The summed E-state index contributed by atoms with van der Waals surface area (Å²) in [6, 6.07) is 15.1. The van der Waals surface area contributed by atoms with Gasteiger partial charge >= 0.3 is 0 Å². The Kier molecular flexibility index (Phi) is 5.51. The van der Waals surface area contributed by atoms with Crippen LogP contribution in [-0.2, 0) is 22.0 Å². The predicted octanol–water partition coefficient (Wildman–Crippen LogP) is 4.59. The zero-order valence-electron chi connectivity index (χ0n) is 15.1. The molecule has 4 heteroatoms. The highest BCUT2D eigenvalue weighted by Gasteiger charge is 2.15. The Morgan fingerprint density at radius 3 is 1.92 bits per heavy atom. The fourth-order valence-electron chi connectivity index (χ4n) is 2.42. The average Bonchev–Trinajstić information content (AvgIpc) is 2.52. The predicted molar refractivity (Wildman–Crippen MR) is 99.7 cm³/mol. The van der Waals surface area contributed by atoms with Gasteiger partial charge in [0.25, 0.3) is 0 Å². The van der Waals surface area contributed by atoms with Gasteiger partial charge in [-0.3, -0.25) is 0 Å². The van der Waals surface area contributed by atoms with Gasteiger partial charge in [-0.25, -0.2) is 13.1 Å². The van der Waals surface area contributed by atoms with Crippen molar-refractivity contribution in [3.63, 3.8) is 0 Å². The molecule has 2 aromatic rings. The van der Waals surface area contributed by atoms with E-state index < -0.39 is 10.0 Å². The molecule has 0 aliphatic carbocycles. The van der Waals surface area contributed by atoms with Crippen molar-refractivity contribution in [3.05, 3.63) is 65.2 Å². The molecule has 2 rings (SSSR count). The molecular formula is C20H27NO2S. The fraction of sp³-hybridized carbons (Fsp3) is 0.400. The summed E-state index contributed by atoms with van der Waals surface area (Å²) in [5.74, 6) is 0.385. The quantitative estimate of drug-likeness (QED) is 0.862. The zero-order chi connectivity index (χ0) is 18.0. The first kappa shape index (κ1) is 18.7. The van der Waals surface area contributed by atoms with Crippen LogP contribution in [0.5, 0.6) is 0 Å². The third-order valence-corrected chi connectivity index (χ3v) is 5.56. The lowest BCUT2D eigenvalue weighted by Gasteiger charge is -2.19. The van der Waals surface area contributed by atoms with E-state index in [-0.39, 0.29) is 5.41 Å². The van der Waals surface area contributed by atoms with E-state index >= 15 is 0 Å². The number of hydrogen-bond donors (Lipinski definition) is 1. The van der Waals surface area contributed by atoms with Crippen LogP contribution in [0, 0.1) is 0 Å². The summed E-state index contributed by atoms with van der Waals surface area (Å²) in [5, 5.41) is 0. The molecule has 0 bridgehead atoms. The maximum absolute atomic E-state index is 12.4. The van der Waals surface area contributed by atoms with Crippen LogP contribution >= 0.6 is 0 Å². The lowest BCUT2D eigenvalue weighted by atomic mass is 9.87. The second-order valence-corrected chi connectivity index (χ2v) is 9.26. The molecule has 0 saturated carbocycles. The first-order chi connectivity index (χ1) is 11.1. The van der Waals surface area contributed by atoms with Crippen molar-refractivity contribution in [3.8, 4) is 0 Å². The third-order valence-electron chi connectivity index (χ3n) is 4.14. The van der Waals surface area contributed by atoms with E-state index in [0.717, 1.165) is 11.1 Å². The van der Waals surface area contributed by atoms with Crippen molar-refractivity contribution >= 4 is 10.0 Å². The van der Waals surface area contributed by atoms with E-state index in [0.29, 0.717) is 17.4 Å².